The summed E-state index contributed by atoms with van der Waals surface area (Å²) in [5, 5.41) is 3.07. The monoisotopic (exact) mass is 354 g/mol. The van der Waals surface area contributed by atoms with E-state index in [0.717, 1.165) is 24.3 Å². The van der Waals surface area contributed by atoms with Crippen molar-refractivity contribution in [2.45, 2.75) is 39.7 Å². The van der Waals surface area contributed by atoms with Crippen LogP contribution in [0.5, 0.6) is 0 Å². The van der Waals surface area contributed by atoms with Crippen molar-refractivity contribution in [2.75, 3.05) is 19.6 Å². The molecule has 0 aliphatic carbocycles. The molecule has 138 valence electrons. The predicted octanol–water partition coefficient (Wildman–Crippen LogP) is 2.80. The van der Waals surface area contributed by atoms with Gasteiger partial charge in [-0.15, -0.1) is 0 Å². The maximum atomic E-state index is 12.8. The summed E-state index contributed by atoms with van der Waals surface area (Å²) in [7, 11) is 0. The molecule has 6 heteroatoms. The van der Waals surface area contributed by atoms with Crippen LogP contribution in [0.25, 0.3) is 0 Å². The Balaban J connectivity index is 1.77. The van der Waals surface area contributed by atoms with Crippen molar-refractivity contribution >= 4 is 11.7 Å². The second-order valence-corrected chi connectivity index (χ2v) is 6.94. The molecule has 1 aliphatic rings. The third-order valence-electron chi connectivity index (χ3n) is 5.12. The van der Waals surface area contributed by atoms with Gasteiger partial charge in [0.1, 0.15) is 0 Å². The van der Waals surface area contributed by atoms with Gasteiger partial charge in [0.25, 0.3) is 5.91 Å². The SMILES string of the molecule is CC(=O)c1[nH]c(C)c(C(=O)NC[C@@H](c2cccnc2)N2CCCC2)c1C. The molecule has 0 radical (unpaired) electrons. The summed E-state index contributed by atoms with van der Waals surface area (Å²) in [6.07, 6.45) is 6.00. The third-order valence-corrected chi connectivity index (χ3v) is 5.12. The van der Waals surface area contributed by atoms with E-state index in [9.17, 15) is 9.59 Å². The highest BCUT2D eigenvalue weighted by atomic mass is 16.1. The number of amides is 1. The Labute approximate surface area is 154 Å². The van der Waals surface area contributed by atoms with E-state index < -0.39 is 0 Å². The van der Waals surface area contributed by atoms with Crippen molar-refractivity contribution in [2.24, 2.45) is 0 Å². The summed E-state index contributed by atoms with van der Waals surface area (Å²) in [5.74, 6) is -0.202. The molecule has 1 saturated heterocycles. The van der Waals surface area contributed by atoms with E-state index in [0.29, 0.717) is 23.4 Å². The zero-order valence-corrected chi connectivity index (χ0v) is 15.6. The van der Waals surface area contributed by atoms with E-state index in [4.69, 9.17) is 0 Å². The number of H-pyrrole nitrogens is 1. The third kappa shape index (κ3) is 3.70. The summed E-state index contributed by atoms with van der Waals surface area (Å²) in [6, 6.07) is 4.10. The molecular weight excluding hydrogens is 328 g/mol. The Morgan fingerprint density at radius 3 is 2.62 bits per heavy atom. The first-order valence-electron chi connectivity index (χ1n) is 9.11. The van der Waals surface area contributed by atoms with Crippen LogP contribution in [-0.2, 0) is 0 Å². The molecule has 1 amide bonds. The summed E-state index contributed by atoms with van der Waals surface area (Å²) >= 11 is 0. The molecule has 3 heterocycles. The van der Waals surface area contributed by atoms with Gasteiger partial charge in [-0.3, -0.25) is 19.5 Å². The smallest absolute Gasteiger partial charge is 0.253 e. The largest absolute Gasteiger partial charge is 0.355 e. The number of carbonyl (C=O) groups is 2. The number of aryl methyl sites for hydroxylation is 1. The molecule has 2 N–H and O–H groups in total. The number of carbonyl (C=O) groups excluding carboxylic acids is 2. The van der Waals surface area contributed by atoms with Gasteiger partial charge < -0.3 is 10.3 Å². The van der Waals surface area contributed by atoms with Crippen molar-refractivity contribution in [1.82, 2.24) is 20.2 Å². The van der Waals surface area contributed by atoms with Gasteiger partial charge in [-0.1, -0.05) is 6.07 Å². The summed E-state index contributed by atoms with van der Waals surface area (Å²) < 4.78 is 0. The van der Waals surface area contributed by atoms with Crippen molar-refractivity contribution in [3.8, 4) is 0 Å². The van der Waals surface area contributed by atoms with Gasteiger partial charge in [0.15, 0.2) is 5.78 Å². The number of Topliss-reactive ketones (excluding diaryl/α,β-unsaturated/α-hetero) is 1. The van der Waals surface area contributed by atoms with Gasteiger partial charge in [-0.05, 0) is 57.0 Å². The van der Waals surface area contributed by atoms with E-state index >= 15 is 0 Å². The van der Waals surface area contributed by atoms with Crippen LogP contribution in [0.1, 0.15) is 63.5 Å². The number of nitrogens with one attached hydrogen (secondary N) is 2. The van der Waals surface area contributed by atoms with Gasteiger partial charge in [0, 0.05) is 31.6 Å². The number of ketones is 1. The molecule has 1 atom stereocenters. The van der Waals surface area contributed by atoms with Gasteiger partial charge in [0.05, 0.1) is 17.3 Å². The Hall–Kier alpha value is -2.47. The van der Waals surface area contributed by atoms with Gasteiger partial charge in [0.2, 0.25) is 0 Å². The standard InChI is InChI=1S/C20H26N4O2/c1-13-18(14(2)23-19(13)15(3)25)20(26)22-12-17(24-9-4-5-10-24)16-7-6-8-21-11-16/h6-8,11,17,23H,4-5,9-10,12H2,1-3H3,(H,22,26)/t17-/m0/s1. The molecule has 0 unspecified atom stereocenters. The minimum absolute atomic E-state index is 0.0602. The van der Waals surface area contributed by atoms with Crippen molar-refractivity contribution in [1.29, 1.82) is 0 Å². The van der Waals surface area contributed by atoms with E-state index in [1.165, 1.54) is 19.8 Å². The highest BCUT2D eigenvalue weighted by Gasteiger charge is 2.26. The summed E-state index contributed by atoms with van der Waals surface area (Å²) in [4.78, 5) is 34.2. The van der Waals surface area contributed by atoms with Crippen molar-refractivity contribution in [3.05, 3.63) is 52.6 Å². The maximum Gasteiger partial charge on any atom is 0.253 e. The molecule has 0 saturated carbocycles. The lowest BCUT2D eigenvalue weighted by Crippen LogP contribution is -2.37. The second-order valence-electron chi connectivity index (χ2n) is 6.94. The Morgan fingerprint density at radius 2 is 2.04 bits per heavy atom. The molecule has 3 rings (SSSR count). The lowest BCUT2D eigenvalue weighted by molar-refractivity contribution is 0.0936. The topological polar surface area (TPSA) is 78.1 Å². The average molecular weight is 354 g/mol. The number of hydrogen-bond acceptors (Lipinski definition) is 4. The Morgan fingerprint density at radius 1 is 1.31 bits per heavy atom. The van der Waals surface area contributed by atoms with Gasteiger partial charge in [-0.25, -0.2) is 0 Å². The second kappa shape index (κ2) is 7.83. The lowest BCUT2D eigenvalue weighted by atomic mass is 10.1. The molecule has 1 aliphatic heterocycles. The van der Waals surface area contributed by atoms with Crippen LogP contribution < -0.4 is 5.32 Å². The number of aromatic nitrogens is 2. The molecule has 2 aromatic rings. The summed E-state index contributed by atoms with van der Waals surface area (Å²) in [6.45, 7) is 7.73. The zero-order valence-electron chi connectivity index (χ0n) is 15.6. The molecule has 1 fully saturated rings. The zero-order chi connectivity index (χ0) is 18.7. The van der Waals surface area contributed by atoms with Crippen LogP contribution in [0.4, 0.5) is 0 Å². The fraction of sp³-hybridized carbons (Fsp3) is 0.450. The maximum absolute atomic E-state index is 12.8. The number of hydrogen-bond donors (Lipinski definition) is 2. The first kappa shape index (κ1) is 18.3. The molecule has 0 aromatic carbocycles. The van der Waals surface area contributed by atoms with Crippen LogP contribution in [0.15, 0.2) is 24.5 Å². The quantitative estimate of drug-likeness (QED) is 0.782. The van der Waals surface area contributed by atoms with E-state index in [-0.39, 0.29) is 17.7 Å². The van der Waals surface area contributed by atoms with Crippen LogP contribution in [0.3, 0.4) is 0 Å². The van der Waals surface area contributed by atoms with Gasteiger partial charge >= 0.3 is 0 Å². The molecule has 6 nitrogen and oxygen atoms in total. The fourth-order valence-corrected chi connectivity index (χ4v) is 3.80. The highest BCUT2D eigenvalue weighted by molar-refractivity contribution is 6.02. The first-order chi connectivity index (χ1) is 12.5. The molecule has 0 spiro atoms. The highest BCUT2D eigenvalue weighted by Crippen LogP contribution is 2.24. The van der Waals surface area contributed by atoms with Crippen molar-refractivity contribution in [3.63, 3.8) is 0 Å². The minimum atomic E-state index is -0.142. The Bertz CT molecular complexity index is 792. The molecular formula is C20H26N4O2. The minimum Gasteiger partial charge on any atom is -0.355 e. The first-order valence-corrected chi connectivity index (χ1v) is 9.11. The van der Waals surface area contributed by atoms with Crippen LogP contribution >= 0.6 is 0 Å². The number of likely N-dealkylation sites (tertiary alicyclic amines) is 1. The van der Waals surface area contributed by atoms with Crippen LogP contribution in [-0.4, -0.2) is 46.2 Å². The molecule has 26 heavy (non-hydrogen) atoms. The predicted molar refractivity (Wildman–Crippen MR) is 100 cm³/mol. The van der Waals surface area contributed by atoms with E-state index in [1.807, 2.05) is 26.1 Å². The van der Waals surface area contributed by atoms with Crippen LogP contribution in [0, 0.1) is 13.8 Å². The number of aromatic amines is 1. The van der Waals surface area contributed by atoms with E-state index in [1.54, 1.807) is 6.20 Å². The number of nitrogens with zero attached hydrogens (tertiary/aromatic N) is 2. The average Bonchev–Trinajstić information content (AvgIpc) is 3.24. The van der Waals surface area contributed by atoms with Crippen molar-refractivity contribution < 1.29 is 9.59 Å². The lowest BCUT2D eigenvalue weighted by Gasteiger charge is -2.28. The molecule has 0 bridgehead atoms. The van der Waals surface area contributed by atoms with E-state index in [2.05, 4.69) is 26.3 Å². The number of rotatable bonds is 6. The summed E-state index contributed by atoms with van der Waals surface area (Å²) in [5.41, 5.74) is 3.63. The Kier molecular flexibility index (Phi) is 5.52. The van der Waals surface area contributed by atoms with Crippen LogP contribution in [0.2, 0.25) is 0 Å². The molecule has 2 aromatic heterocycles. The number of pyridine rings is 1. The van der Waals surface area contributed by atoms with Gasteiger partial charge in [-0.2, -0.15) is 0 Å². The fourth-order valence-electron chi connectivity index (χ4n) is 3.80. The normalized spacial score (nSPS) is 15.8.